The molecule has 0 bridgehead atoms. The Kier molecular flexibility index (Phi) is 5.36. The first kappa shape index (κ1) is 20.1. The van der Waals surface area contributed by atoms with Crippen LogP contribution in [-0.2, 0) is 15.1 Å². The monoisotopic (exact) mass is 395 g/mol. The maximum Gasteiger partial charge on any atom is 0.325 e. The Bertz CT molecular complexity index is 1000. The number of urea groups is 1. The van der Waals surface area contributed by atoms with E-state index in [1.165, 1.54) is 14.0 Å². The van der Waals surface area contributed by atoms with Crippen LogP contribution in [0, 0.1) is 0 Å². The van der Waals surface area contributed by atoms with E-state index in [-0.39, 0.29) is 5.78 Å². The fraction of sp³-hybridized carbons (Fsp3) is 0.238. The molecule has 1 atom stereocenters. The van der Waals surface area contributed by atoms with Crippen LogP contribution in [0.2, 0.25) is 0 Å². The summed E-state index contributed by atoms with van der Waals surface area (Å²) in [5.41, 5.74) is -0.102. The highest BCUT2D eigenvalue weighted by atomic mass is 16.5. The Balaban J connectivity index is 1.78. The lowest BCUT2D eigenvalue weighted by Crippen LogP contribution is -2.42. The fourth-order valence-electron chi connectivity index (χ4n) is 3.20. The zero-order valence-electron chi connectivity index (χ0n) is 16.3. The highest BCUT2D eigenvalue weighted by Gasteiger charge is 2.49. The molecule has 0 saturated carbocycles. The summed E-state index contributed by atoms with van der Waals surface area (Å²) >= 11 is 0. The minimum atomic E-state index is -1.32. The number of methoxy groups -OCH3 is 1. The van der Waals surface area contributed by atoms with Crippen LogP contribution in [-0.4, -0.2) is 42.2 Å². The van der Waals surface area contributed by atoms with Gasteiger partial charge < -0.3 is 15.4 Å². The third-order valence-electron chi connectivity index (χ3n) is 4.80. The third kappa shape index (κ3) is 3.82. The van der Waals surface area contributed by atoms with E-state index in [0.717, 1.165) is 4.90 Å². The van der Waals surface area contributed by atoms with E-state index in [4.69, 9.17) is 4.74 Å². The first-order chi connectivity index (χ1) is 13.8. The Morgan fingerprint density at radius 1 is 1.14 bits per heavy atom. The molecule has 150 valence electrons. The molecule has 1 aliphatic heterocycles. The van der Waals surface area contributed by atoms with Crippen molar-refractivity contribution in [3.8, 4) is 5.75 Å². The van der Waals surface area contributed by atoms with Crippen LogP contribution >= 0.6 is 0 Å². The normalized spacial score (nSPS) is 18.4. The van der Waals surface area contributed by atoms with E-state index in [2.05, 4.69) is 10.6 Å². The molecule has 4 amide bonds. The minimum absolute atomic E-state index is 0.207. The summed E-state index contributed by atoms with van der Waals surface area (Å²) in [5.74, 6) is -0.799. The van der Waals surface area contributed by atoms with E-state index in [9.17, 15) is 19.2 Å². The number of hydrogen-bond donors (Lipinski definition) is 2. The van der Waals surface area contributed by atoms with E-state index in [1.807, 2.05) is 0 Å². The molecule has 1 saturated heterocycles. The number of ether oxygens (including phenoxy) is 1. The van der Waals surface area contributed by atoms with Gasteiger partial charge in [0.15, 0.2) is 5.78 Å². The van der Waals surface area contributed by atoms with E-state index >= 15 is 0 Å². The SMILES string of the molecule is COc1cccc(C2(C)NC(=O)N(CC(=O)Nc3ccccc3C(C)=O)C2=O)c1. The van der Waals surface area contributed by atoms with Crippen molar-refractivity contribution in [2.24, 2.45) is 0 Å². The Morgan fingerprint density at radius 2 is 1.86 bits per heavy atom. The largest absolute Gasteiger partial charge is 0.497 e. The Hall–Kier alpha value is -3.68. The van der Waals surface area contributed by atoms with Crippen LogP contribution in [0.5, 0.6) is 5.75 Å². The van der Waals surface area contributed by atoms with Crippen molar-refractivity contribution in [1.29, 1.82) is 0 Å². The number of hydrogen-bond acceptors (Lipinski definition) is 5. The van der Waals surface area contributed by atoms with Crippen LogP contribution < -0.4 is 15.4 Å². The molecule has 1 fully saturated rings. The van der Waals surface area contributed by atoms with Gasteiger partial charge in [0.25, 0.3) is 5.91 Å². The van der Waals surface area contributed by atoms with E-state index < -0.39 is 29.9 Å². The average molecular weight is 395 g/mol. The quantitative estimate of drug-likeness (QED) is 0.577. The Labute approximate surface area is 167 Å². The third-order valence-corrected chi connectivity index (χ3v) is 4.80. The van der Waals surface area contributed by atoms with Crippen molar-refractivity contribution >= 4 is 29.3 Å². The maximum atomic E-state index is 13.0. The molecule has 29 heavy (non-hydrogen) atoms. The van der Waals surface area contributed by atoms with Gasteiger partial charge in [0.05, 0.1) is 12.8 Å². The predicted molar refractivity (Wildman–Crippen MR) is 106 cm³/mol. The minimum Gasteiger partial charge on any atom is -0.497 e. The van der Waals surface area contributed by atoms with Crippen molar-refractivity contribution in [3.63, 3.8) is 0 Å². The second-order valence-corrected chi connectivity index (χ2v) is 6.83. The molecule has 2 N–H and O–H groups in total. The molecule has 0 radical (unpaired) electrons. The molecule has 1 heterocycles. The zero-order chi connectivity index (χ0) is 21.2. The number of para-hydroxylation sites is 1. The van der Waals surface area contributed by atoms with E-state index in [0.29, 0.717) is 22.6 Å². The van der Waals surface area contributed by atoms with Crippen LogP contribution in [0.15, 0.2) is 48.5 Å². The molecule has 2 aromatic rings. The van der Waals surface area contributed by atoms with Crippen LogP contribution in [0.1, 0.15) is 29.8 Å². The summed E-state index contributed by atoms with van der Waals surface area (Å²) in [7, 11) is 1.51. The summed E-state index contributed by atoms with van der Waals surface area (Å²) in [4.78, 5) is 50.4. The van der Waals surface area contributed by atoms with Crippen molar-refractivity contribution < 1.29 is 23.9 Å². The van der Waals surface area contributed by atoms with Gasteiger partial charge in [0, 0.05) is 5.56 Å². The predicted octanol–water partition coefficient (Wildman–Crippen LogP) is 2.30. The molecule has 8 heteroatoms. The lowest BCUT2D eigenvalue weighted by atomic mass is 9.92. The highest BCUT2D eigenvalue weighted by Crippen LogP contribution is 2.30. The molecule has 0 spiro atoms. The van der Waals surface area contributed by atoms with Crippen LogP contribution in [0.3, 0.4) is 0 Å². The van der Waals surface area contributed by atoms with Gasteiger partial charge in [-0.15, -0.1) is 0 Å². The highest BCUT2D eigenvalue weighted by molar-refractivity contribution is 6.11. The topological polar surface area (TPSA) is 105 Å². The first-order valence-electron chi connectivity index (χ1n) is 8.94. The summed E-state index contributed by atoms with van der Waals surface area (Å²) in [5, 5.41) is 5.24. The number of anilines is 1. The van der Waals surface area contributed by atoms with Crippen molar-refractivity contribution in [1.82, 2.24) is 10.2 Å². The number of nitrogens with zero attached hydrogens (tertiary/aromatic N) is 1. The molecule has 2 aromatic carbocycles. The molecular weight excluding hydrogens is 374 g/mol. The number of nitrogens with one attached hydrogen (secondary N) is 2. The number of rotatable bonds is 6. The fourth-order valence-corrected chi connectivity index (χ4v) is 3.20. The summed E-state index contributed by atoms with van der Waals surface area (Å²) in [6.07, 6.45) is 0. The summed E-state index contributed by atoms with van der Waals surface area (Å²) in [6, 6.07) is 12.7. The Morgan fingerprint density at radius 3 is 2.55 bits per heavy atom. The number of carbonyl (C=O) groups is 4. The number of amides is 4. The number of carbonyl (C=O) groups excluding carboxylic acids is 4. The summed E-state index contributed by atoms with van der Waals surface area (Å²) < 4.78 is 5.18. The smallest absolute Gasteiger partial charge is 0.325 e. The number of ketones is 1. The van der Waals surface area contributed by atoms with Crippen molar-refractivity contribution in [3.05, 3.63) is 59.7 Å². The molecule has 3 rings (SSSR count). The van der Waals surface area contributed by atoms with Gasteiger partial charge in [-0.2, -0.15) is 0 Å². The second kappa shape index (κ2) is 7.75. The molecule has 1 unspecified atom stereocenters. The second-order valence-electron chi connectivity index (χ2n) is 6.83. The van der Waals surface area contributed by atoms with Crippen LogP contribution in [0.25, 0.3) is 0 Å². The molecular formula is C21H21N3O5. The van der Waals surface area contributed by atoms with Gasteiger partial charge in [-0.25, -0.2) is 4.79 Å². The number of benzene rings is 2. The molecule has 8 nitrogen and oxygen atoms in total. The van der Waals surface area contributed by atoms with Crippen molar-refractivity contribution in [2.75, 3.05) is 19.0 Å². The van der Waals surface area contributed by atoms with Crippen LogP contribution in [0.4, 0.5) is 10.5 Å². The molecule has 0 aliphatic carbocycles. The van der Waals surface area contributed by atoms with Gasteiger partial charge in [-0.05, 0) is 43.7 Å². The van der Waals surface area contributed by atoms with Gasteiger partial charge in [-0.3, -0.25) is 19.3 Å². The lowest BCUT2D eigenvalue weighted by Gasteiger charge is -2.22. The molecule has 1 aliphatic rings. The first-order valence-corrected chi connectivity index (χ1v) is 8.94. The number of Topliss-reactive ketones (excluding diaryl/α,β-unsaturated/α-hetero) is 1. The average Bonchev–Trinajstić information content (AvgIpc) is 2.92. The van der Waals surface area contributed by atoms with Gasteiger partial charge in [-0.1, -0.05) is 24.3 Å². The summed E-state index contributed by atoms with van der Waals surface area (Å²) in [6.45, 7) is 2.49. The van der Waals surface area contributed by atoms with E-state index in [1.54, 1.807) is 55.5 Å². The van der Waals surface area contributed by atoms with Gasteiger partial charge in [0.2, 0.25) is 5.91 Å². The number of imide groups is 1. The van der Waals surface area contributed by atoms with Gasteiger partial charge in [0.1, 0.15) is 17.8 Å². The zero-order valence-corrected chi connectivity index (χ0v) is 16.3. The maximum absolute atomic E-state index is 13.0. The standard InChI is InChI=1S/C21H21N3O5/c1-13(25)16-9-4-5-10-17(16)22-18(26)12-24-19(27)21(2,23-20(24)28)14-7-6-8-15(11-14)29-3/h4-11H,12H2,1-3H3,(H,22,26)(H,23,28). The van der Waals surface area contributed by atoms with Gasteiger partial charge >= 0.3 is 6.03 Å². The lowest BCUT2D eigenvalue weighted by molar-refractivity contribution is -0.133. The molecule has 0 aromatic heterocycles. The van der Waals surface area contributed by atoms with Crippen molar-refractivity contribution in [2.45, 2.75) is 19.4 Å².